The van der Waals surface area contributed by atoms with Crippen LogP contribution in [0.3, 0.4) is 0 Å². The Kier molecular flexibility index (Phi) is 15.6. The van der Waals surface area contributed by atoms with Crippen LogP contribution in [-0.4, -0.2) is 36.7 Å². The van der Waals surface area contributed by atoms with Crippen molar-refractivity contribution in [2.45, 2.75) is 122 Å². The maximum atomic E-state index is 12.8. The van der Waals surface area contributed by atoms with Crippen LogP contribution >= 0.6 is 0 Å². The van der Waals surface area contributed by atoms with Gasteiger partial charge in [-0.05, 0) is 38.5 Å². The molecule has 1 aliphatic rings. The third-order valence-electron chi connectivity index (χ3n) is 6.43. The lowest BCUT2D eigenvalue weighted by molar-refractivity contribution is -0.186. The molecule has 0 aliphatic heterocycles. The SMILES string of the molecule is C=CC(=O)OC1(C(=O)OCCCCCC)CCC(C(=O)OCCCCCCCCCC)CC1. The molecule has 6 heteroatoms. The molecule has 1 rings (SSSR count). The first kappa shape index (κ1) is 29.2. The van der Waals surface area contributed by atoms with Crippen LogP contribution in [0.5, 0.6) is 0 Å². The van der Waals surface area contributed by atoms with Crippen LogP contribution in [0.4, 0.5) is 0 Å². The molecule has 1 saturated carbocycles. The van der Waals surface area contributed by atoms with Gasteiger partial charge in [0, 0.05) is 6.08 Å². The van der Waals surface area contributed by atoms with Crippen LogP contribution in [0.15, 0.2) is 12.7 Å². The van der Waals surface area contributed by atoms with Gasteiger partial charge < -0.3 is 14.2 Å². The molecule has 0 spiro atoms. The normalized spacial score (nSPS) is 20.1. The van der Waals surface area contributed by atoms with Gasteiger partial charge in [-0.1, -0.05) is 84.6 Å². The lowest BCUT2D eigenvalue weighted by Crippen LogP contribution is -2.48. The number of unbranched alkanes of at least 4 members (excludes halogenated alkanes) is 10. The lowest BCUT2D eigenvalue weighted by atomic mass is 9.78. The highest BCUT2D eigenvalue weighted by Gasteiger charge is 2.48. The molecular formula is C27H46O6. The van der Waals surface area contributed by atoms with Gasteiger partial charge in [0.2, 0.25) is 5.60 Å². The quantitative estimate of drug-likeness (QED) is 0.0999. The van der Waals surface area contributed by atoms with Crippen molar-refractivity contribution >= 4 is 17.9 Å². The van der Waals surface area contributed by atoms with E-state index in [9.17, 15) is 14.4 Å². The van der Waals surface area contributed by atoms with Crippen LogP contribution < -0.4 is 0 Å². The lowest BCUT2D eigenvalue weighted by Gasteiger charge is -2.36. The summed E-state index contributed by atoms with van der Waals surface area (Å²) in [6, 6.07) is 0. The molecule has 0 saturated heterocycles. The number of ether oxygens (including phenoxy) is 3. The van der Waals surface area contributed by atoms with E-state index in [2.05, 4.69) is 20.4 Å². The fraction of sp³-hybridized carbons (Fsp3) is 0.815. The molecule has 1 fully saturated rings. The van der Waals surface area contributed by atoms with Gasteiger partial charge in [0.25, 0.3) is 0 Å². The van der Waals surface area contributed by atoms with E-state index in [1.54, 1.807) is 0 Å². The van der Waals surface area contributed by atoms with Crippen molar-refractivity contribution in [1.82, 2.24) is 0 Å². The highest BCUT2D eigenvalue weighted by molar-refractivity contribution is 5.88. The summed E-state index contributed by atoms with van der Waals surface area (Å²) in [6.45, 7) is 8.53. The average Bonchev–Trinajstić information content (AvgIpc) is 2.82. The first-order valence-electron chi connectivity index (χ1n) is 13.2. The highest BCUT2D eigenvalue weighted by atomic mass is 16.6. The minimum atomic E-state index is -1.33. The molecular weight excluding hydrogens is 420 g/mol. The van der Waals surface area contributed by atoms with E-state index in [1.165, 1.54) is 38.5 Å². The van der Waals surface area contributed by atoms with E-state index < -0.39 is 17.5 Å². The minimum Gasteiger partial charge on any atom is -0.465 e. The summed E-state index contributed by atoms with van der Waals surface area (Å²) in [6.07, 6.45) is 16.0. The van der Waals surface area contributed by atoms with Crippen LogP contribution in [0.2, 0.25) is 0 Å². The molecule has 6 nitrogen and oxygen atoms in total. The molecule has 0 aromatic heterocycles. The molecule has 0 aromatic rings. The van der Waals surface area contributed by atoms with E-state index >= 15 is 0 Å². The number of rotatable bonds is 18. The molecule has 0 atom stereocenters. The summed E-state index contributed by atoms with van der Waals surface area (Å²) in [5.74, 6) is -1.64. The zero-order chi connectivity index (χ0) is 24.4. The van der Waals surface area contributed by atoms with Gasteiger partial charge in [-0.25, -0.2) is 9.59 Å². The van der Waals surface area contributed by atoms with Gasteiger partial charge in [0.15, 0.2) is 0 Å². The van der Waals surface area contributed by atoms with E-state index in [4.69, 9.17) is 14.2 Å². The van der Waals surface area contributed by atoms with Crippen LogP contribution in [-0.2, 0) is 28.6 Å². The van der Waals surface area contributed by atoms with Crippen LogP contribution in [0.1, 0.15) is 117 Å². The Morgan fingerprint density at radius 1 is 0.788 bits per heavy atom. The molecule has 0 unspecified atom stereocenters. The third kappa shape index (κ3) is 11.7. The van der Waals surface area contributed by atoms with Crippen molar-refractivity contribution in [1.29, 1.82) is 0 Å². The van der Waals surface area contributed by atoms with Crippen LogP contribution in [0.25, 0.3) is 0 Å². The largest absolute Gasteiger partial charge is 0.465 e. The van der Waals surface area contributed by atoms with Gasteiger partial charge in [-0.15, -0.1) is 0 Å². The average molecular weight is 467 g/mol. The molecule has 0 aromatic carbocycles. The maximum Gasteiger partial charge on any atom is 0.350 e. The first-order valence-corrected chi connectivity index (χ1v) is 13.2. The van der Waals surface area contributed by atoms with E-state index in [0.717, 1.165) is 44.6 Å². The van der Waals surface area contributed by atoms with Crippen molar-refractivity contribution in [2.75, 3.05) is 13.2 Å². The van der Waals surface area contributed by atoms with Crippen molar-refractivity contribution in [2.24, 2.45) is 5.92 Å². The standard InChI is InChI=1S/C27H46O6/c1-4-7-9-11-12-13-14-16-21-31-25(29)23-17-19-27(20-18-23,33-24(28)6-3)26(30)32-22-15-10-8-5-2/h6,23H,3-5,7-22H2,1-2H3. The zero-order valence-electron chi connectivity index (χ0n) is 21.0. The Bertz CT molecular complexity index is 577. The Morgan fingerprint density at radius 3 is 1.82 bits per heavy atom. The molecule has 1 aliphatic carbocycles. The second kappa shape index (κ2) is 17.6. The fourth-order valence-corrected chi connectivity index (χ4v) is 4.25. The second-order valence-corrected chi connectivity index (χ2v) is 9.23. The Hall–Kier alpha value is -1.85. The Labute approximate surface area is 200 Å². The summed E-state index contributed by atoms with van der Waals surface area (Å²) in [7, 11) is 0. The van der Waals surface area contributed by atoms with Crippen molar-refractivity contribution < 1.29 is 28.6 Å². The number of carbonyl (C=O) groups excluding carboxylic acids is 3. The van der Waals surface area contributed by atoms with Crippen molar-refractivity contribution in [3.63, 3.8) is 0 Å². The third-order valence-corrected chi connectivity index (χ3v) is 6.43. The van der Waals surface area contributed by atoms with Gasteiger partial charge in [-0.2, -0.15) is 0 Å². The molecule has 0 radical (unpaired) electrons. The molecule has 0 N–H and O–H groups in total. The Morgan fingerprint density at radius 2 is 1.27 bits per heavy atom. The molecule has 190 valence electrons. The van der Waals surface area contributed by atoms with Crippen molar-refractivity contribution in [3.8, 4) is 0 Å². The summed E-state index contributed by atoms with van der Waals surface area (Å²) in [5.41, 5.74) is -1.33. The molecule has 0 amide bonds. The summed E-state index contributed by atoms with van der Waals surface area (Å²) in [4.78, 5) is 37.1. The smallest absolute Gasteiger partial charge is 0.350 e. The van der Waals surface area contributed by atoms with Gasteiger partial charge in [-0.3, -0.25) is 4.79 Å². The van der Waals surface area contributed by atoms with E-state index in [-0.39, 0.29) is 24.7 Å². The second-order valence-electron chi connectivity index (χ2n) is 9.23. The van der Waals surface area contributed by atoms with Gasteiger partial charge >= 0.3 is 17.9 Å². The number of esters is 3. The van der Waals surface area contributed by atoms with Gasteiger partial charge in [0.1, 0.15) is 0 Å². The topological polar surface area (TPSA) is 78.9 Å². The number of hydrogen-bond donors (Lipinski definition) is 0. The molecule has 33 heavy (non-hydrogen) atoms. The highest BCUT2D eigenvalue weighted by Crippen LogP contribution is 2.37. The predicted octanol–water partition coefficient (Wildman–Crippen LogP) is 6.45. The van der Waals surface area contributed by atoms with Gasteiger partial charge in [0.05, 0.1) is 19.1 Å². The summed E-state index contributed by atoms with van der Waals surface area (Å²) in [5, 5.41) is 0. The number of carbonyl (C=O) groups is 3. The summed E-state index contributed by atoms with van der Waals surface area (Å²) >= 11 is 0. The monoisotopic (exact) mass is 466 g/mol. The Balaban J connectivity index is 2.39. The minimum absolute atomic E-state index is 0.213. The van der Waals surface area contributed by atoms with E-state index in [1.807, 2.05) is 0 Å². The van der Waals surface area contributed by atoms with Crippen molar-refractivity contribution in [3.05, 3.63) is 12.7 Å². The van der Waals surface area contributed by atoms with Crippen LogP contribution in [0, 0.1) is 5.92 Å². The summed E-state index contributed by atoms with van der Waals surface area (Å²) < 4.78 is 16.4. The predicted molar refractivity (Wildman–Crippen MR) is 130 cm³/mol. The number of hydrogen-bond acceptors (Lipinski definition) is 6. The fourth-order valence-electron chi connectivity index (χ4n) is 4.25. The van der Waals surface area contributed by atoms with E-state index in [0.29, 0.717) is 26.1 Å². The maximum absolute atomic E-state index is 12.8. The zero-order valence-corrected chi connectivity index (χ0v) is 21.0. The molecule has 0 heterocycles. The first-order chi connectivity index (χ1) is 16.0. The molecule has 0 bridgehead atoms.